The third-order valence-corrected chi connectivity index (χ3v) is 5.34. The molecule has 0 unspecified atom stereocenters. The van der Waals surface area contributed by atoms with Crippen LogP contribution in [0.5, 0.6) is 0 Å². The lowest BCUT2D eigenvalue weighted by Crippen LogP contribution is -2.47. The molecule has 4 rings (SSSR count). The first-order valence-corrected chi connectivity index (χ1v) is 9.06. The van der Waals surface area contributed by atoms with Crippen LogP contribution in [-0.4, -0.2) is 63.5 Å². The van der Waals surface area contributed by atoms with E-state index in [1.165, 1.54) is 36.9 Å². The first-order chi connectivity index (χ1) is 11.7. The van der Waals surface area contributed by atoms with Gasteiger partial charge in [-0.3, -0.25) is 4.79 Å². The Kier molecular flexibility index (Phi) is 4.22. The van der Waals surface area contributed by atoms with Gasteiger partial charge in [-0.25, -0.2) is 9.50 Å². The van der Waals surface area contributed by atoms with Crippen molar-refractivity contribution in [1.29, 1.82) is 0 Å². The third kappa shape index (κ3) is 2.79. The van der Waals surface area contributed by atoms with E-state index in [1.807, 2.05) is 15.6 Å². The Bertz CT molecular complexity index is 745. The Labute approximate surface area is 142 Å². The summed E-state index contributed by atoms with van der Waals surface area (Å²) >= 11 is 0. The highest BCUT2D eigenvalue weighted by Crippen LogP contribution is 2.22. The number of aryl methyl sites for hydroxylation is 2. The second-order valence-corrected chi connectivity index (χ2v) is 7.03. The van der Waals surface area contributed by atoms with Crippen LogP contribution >= 0.6 is 0 Å². The van der Waals surface area contributed by atoms with Crippen LogP contribution in [-0.2, 0) is 12.8 Å². The second-order valence-electron chi connectivity index (χ2n) is 7.03. The molecule has 6 nitrogen and oxygen atoms in total. The van der Waals surface area contributed by atoms with Crippen molar-refractivity contribution in [2.45, 2.75) is 38.5 Å². The monoisotopic (exact) mass is 327 g/mol. The first kappa shape index (κ1) is 15.6. The molecule has 1 aliphatic carbocycles. The largest absolute Gasteiger partial charge is 0.336 e. The fourth-order valence-electron chi connectivity index (χ4n) is 3.78. The van der Waals surface area contributed by atoms with E-state index in [-0.39, 0.29) is 5.91 Å². The first-order valence-electron chi connectivity index (χ1n) is 9.06. The molecule has 0 aromatic carbocycles. The molecule has 24 heavy (non-hydrogen) atoms. The fraction of sp³-hybridized carbons (Fsp3) is 0.611. The zero-order chi connectivity index (χ0) is 16.5. The van der Waals surface area contributed by atoms with Gasteiger partial charge in [-0.15, -0.1) is 0 Å². The van der Waals surface area contributed by atoms with Crippen molar-refractivity contribution in [3.05, 3.63) is 29.2 Å². The molecule has 1 saturated heterocycles. The van der Waals surface area contributed by atoms with Gasteiger partial charge in [0.2, 0.25) is 0 Å². The van der Waals surface area contributed by atoms with Gasteiger partial charge in [0.25, 0.3) is 5.91 Å². The Balaban J connectivity index is 1.67. The van der Waals surface area contributed by atoms with Gasteiger partial charge in [0, 0.05) is 38.1 Å². The lowest BCUT2D eigenvalue weighted by Gasteiger charge is -2.32. The summed E-state index contributed by atoms with van der Waals surface area (Å²) in [6.07, 6.45) is 10.8. The standard InChI is InChI=1S/C18H25N5O/c1-21-8-10-22(11-9-21)18(24)15-13-20-23-16-7-5-3-2-4-6-14(16)12-19-17(15)23/h12-13H,2-11H2,1H3. The highest BCUT2D eigenvalue weighted by Gasteiger charge is 2.25. The molecule has 0 spiro atoms. The number of nitrogens with zero attached hydrogens (tertiary/aromatic N) is 5. The van der Waals surface area contributed by atoms with Gasteiger partial charge in [0.05, 0.1) is 6.20 Å². The minimum Gasteiger partial charge on any atom is -0.336 e. The van der Waals surface area contributed by atoms with Crippen molar-refractivity contribution < 1.29 is 4.79 Å². The molecule has 2 aromatic heterocycles. The summed E-state index contributed by atoms with van der Waals surface area (Å²) in [7, 11) is 2.09. The Morgan fingerprint density at radius 3 is 2.54 bits per heavy atom. The molecule has 128 valence electrons. The molecule has 6 heteroatoms. The number of hydrogen-bond acceptors (Lipinski definition) is 4. The maximum Gasteiger partial charge on any atom is 0.259 e. The molecular formula is C18H25N5O. The molecule has 0 bridgehead atoms. The van der Waals surface area contributed by atoms with Gasteiger partial charge in [-0.1, -0.05) is 12.8 Å². The van der Waals surface area contributed by atoms with Crippen molar-refractivity contribution in [3.8, 4) is 0 Å². The molecule has 0 atom stereocenters. The van der Waals surface area contributed by atoms with Crippen molar-refractivity contribution >= 4 is 11.6 Å². The van der Waals surface area contributed by atoms with E-state index < -0.39 is 0 Å². The van der Waals surface area contributed by atoms with Gasteiger partial charge < -0.3 is 9.80 Å². The van der Waals surface area contributed by atoms with E-state index in [2.05, 4.69) is 22.0 Å². The van der Waals surface area contributed by atoms with E-state index in [0.29, 0.717) is 5.56 Å². The number of carbonyl (C=O) groups excluding carboxylic acids is 1. The average molecular weight is 327 g/mol. The molecule has 2 aliphatic rings. The zero-order valence-corrected chi connectivity index (χ0v) is 14.4. The van der Waals surface area contributed by atoms with Crippen LogP contribution in [0.3, 0.4) is 0 Å². The summed E-state index contributed by atoms with van der Waals surface area (Å²) < 4.78 is 1.92. The van der Waals surface area contributed by atoms with Crippen LogP contribution in [0.4, 0.5) is 0 Å². The number of aromatic nitrogens is 3. The third-order valence-electron chi connectivity index (χ3n) is 5.34. The highest BCUT2D eigenvalue weighted by molar-refractivity contribution is 5.99. The van der Waals surface area contributed by atoms with Crippen molar-refractivity contribution in [2.75, 3.05) is 33.2 Å². The van der Waals surface area contributed by atoms with E-state index in [4.69, 9.17) is 0 Å². The van der Waals surface area contributed by atoms with Gasteiger partial charge in [0.1, 0.15) is 5.56 Å². The van der Waals surface area contributed by atoms with E-state index in [9.17, 15) is 4.79 Å². The lowest BCUT2D eigenvalue weighted by atomic mass is 9.98. The van der Waals surface area contributed by atoms with E-state index >= 15 is 0 Å². The predicted molar refractivity (Wildman–Crippen MR) is 92.3 cm³/mol. The molecule has 2 aromatic rings. The highest BCUT2D eigenvalue weighted by atomic mass is 16.2. The lowest BCUT2D eigenvalue weighted by molar-refractivity contribution is 0.0666. The van der Waals surface area contributed by atoms with E-state index in [0.717, 1.165) is 44.7 Å². The minimum absolute atomic E-state index is 0.0661. The molecule has 1 fully saturated rings. The van der Waals surface area contributed by atoms with Crippen molar-refractivity contribution in [1.82, 2.24) is 24.4 Å². The summed E-state index contributed by atoms with van der Waals surface area (Å²) in [5.41, 5.74) is 3.91. The van der Waals surface area contributed by atoms with Gasteiger partial charge in [0.15, 0.2) is 5.65 Å². The number of amides is 1. The van der Waals surface area contributed by atoms with Crippen molar-refractivity contribution in [2.24, 2.45) is 0 Å². The Morgan fingerprint density at radius 1 is 1.00 bits per heavy atom. The molecule has 0 radical (unpaired) electrons. The Morgan fingerprint density at radius 2 is 1.75 bits per heavy atom. The maximum atomic E-state index is 12.9. The number of rotatable bonds is 1. The molecule has 3 heterocycles. The summed E-state index contributed by atoms with van der Waals surface area (Å²) in [4.78, 5) is 21.7. The average Bonchev–Trinajstić information content (AvgIpc) is 2.99. The number of likely N-dealkylation sites (N-methyl/N-ethyl adjacent to an activating group) is 1. The normalized spacial score (nSPS) is 19.8. The number of hydrogen-bond donors (Lipinski definition) is 0. The fourth-order valence-corrected chi connectivity index (χ4v) is 3.78. The van der Waals surface area contributed by atoms with Crippen LogP contribution in [0.1, 0.15) is 47.3 Å². The van der Waals surface area contributed by atoms with Crippen LogP contribution < -0.4 is 0 Å². The van der Waals surface area contributed by atoms with Crippen LogP contribution in [0.25, 0.3) is 5.65 Å². The molecule has 1 amide bonds. The molecule has 0 N–H and O–H groups in total. The van der Waals surface area contributed by atoms with Crippen LogP contribution in [0.2, 0.25) is 0 Å². The zero-order valence-electron chi connectivity index (χ0n) is 14.4. The molecular weight excluding hydrogens is 302 g/mol. The topological polar surface area (TPSA) is 53.7 Å². The van der Waals surface area contributed by atoms with Gasteiger partial charge >= 0.3 is 0 Å². The SMILES string of the molecule is CN1CCN(C(=O)c2cnn3c4c(cnc23)CCCCCC4)CC1. The maximum absolute atomic E-state index is 12.9. The summed E-state index contributed by atoms with van der Waals surface area (Å²) in [5.74, 6) is 0.0661. The van der Waals surface area contributed by atoms with Crippen molar-refractivity contribution in [3.63, 3.8) is 0 Å². The van der Waals surface area contributed by atoms with Gasteiger partial charge in [-0.2, -0.15) is 5.10 Å². The van der Waals surface area contributed by atoms with E-state index in [1.54, 1.807) is 6.20 Å². The van der Waals surface area contributed by atoms with Crippen LogP contribution in [0.15, 0.2) is 12.4 Å². The molecule has 1 aliphatic heterocycles. The smallest absolute Gasteiger partial charge is 0.259 e. The van der Waals surface area contributed by atoms with Gasteiger partial charge in [-0.05, 0) is 38.3 Å². The second kappa shape index (κ2) is 6.51. The van der Waals surface area contributed by atoms with Crippen LogP contribution in [0, 0.1) is 0 Å². The summed E-state index contributed by atoms with van der Waals surface area (Å²) in [6.45, 7) is 3.40. The number of carbonyl (C=O) groups is 1. The number of piperazine rings is 1. The predicted octanol–water partition coefficient (Wildman–Crippen LogP) is 1.78. The quantitative estimate of drug-likeness (QED) is 0.801. The summed E-state index contributed by atoms with van der Waals surface area (Å²) in [6, 6.07) is 0. The Hall–Kier alpha value is -1.95. The summed E-state index contributed by atoms with van der Waals surface area (Å²) in [5, 5.41) is 4.53. The molecule has 0 saturated carbocycles. The minimum atomic E-state index is 0.0661. The number of fused-ring (bicyclic) bond motifs is 3.